The summed E-state index contributed by atoms with van der Waals surface area (Å²) in [5.41, 5.74) is 0.506. The number of anilines is 1. The normalized spacial score (nSPS) is 21.9. The van der Waals surface area contributed by atoms with Crippen LogP contribution in [-0.4, -0.2) is 59.7 Å². The van der Waals surface area contributed by atoms with Crippen LogP contribution in [0.25, 0.3) is 10.8 Å². The van der Waals surface area contributed by atoms with Gasteiger partial charge in [-0.1, -0.05) is 48.5 Å². The lowest BCUT2D eigenvalue weighted by Crippen LogP contribution is -2.51. The fourth-order valence-corrected chi connectivity index (χ4v) is 4.58. The predicted molar refractivity (Wildman–Crippen MR) is 123 cm³/mol. The van der Waals surface area contributed by atoms with E-state index >= 15 is 0 Å². The van der Waals surface area contributed by atoms with E-state index in [2.05, 4.69) is 15.1 Å². The number of rotatable bonds is 4. The van der Waals surface area contributed by atoms with Gasteiger partial charge in [-0.15, -0.1) is 0 Å². The molecule has 0 radical (unpaired) electrons. The lowest BCUT2D eigenvalue weighted by atomic mass is 9.90. The van der Waals surface area contributed by atoms with Crippen LogP contribution in [-0.2, 0) is 10.3 Å². The van der Waals surface area contributed by atoms with E-state index in [4.69, 9.17) is 0 Å². The van der Waals surface area contributed by atoms with E-state index in [0.717, 1.165) is 22.0 Å². The zero-order valence-electron chi connectivity index (χ0n) is 18.0. The minimum atomic E-state index is -1.08. The Morgan fingerprint density at radius 2 is 1.59 bits per heavy atom. The Morgan fingerprint density at radius 3 is 2.34 bits per heavy atom. The van der Waals surface area contributed by atoms with Crippen LogP contribution < -0.4 is 10.2 Å². The highest BCUT2D eigenvalue weighted by molar-refractivity contribution is 6.07. The first-order valence-electron chi connectivity index (χ1n) is 10.8. The highest BCUT2D eigenvalue weighted by Gasteiger charge is 2.49. The number of fused-ring (bicyclic) bond motifs is 1. The molecule has 0 saturated carbocycles. The molecule has 2 heterocycles. The third kappa shape index (κ3) is 3.44. The lowest BCUT2D eigenvalue weighted by molar-refractivity contribution is -0.132. The highest BCUT2D eigenvalue weighted by atomic mass is 16.3. The van der Waals surface area contributed by atoms with Crippen LogP contribution in [0.5, 0.6) is 5.75 Å². The van der Waals surface area contributed by atoms with E-state index in [1.165, 1.54) is 4.90 Å². The minimum absolute atomic E-state index is 0.235. The van der Waals surface area contributed by atoms with Gasteiger partial charge < -0.3 is 15.3 Å². The number of amides is 3. The summed E-state index contributed by atoms with van der Waals surface area (Å²) < 4.78 is 0. The number of phenolic OH excluding ortho intramolecular Hbond substituents is 1. The van der Waals surface area contributed by atoms with Gasteiger partial charge in [0.25, 0.3) is 5.91 Å². The molecule has 7 nitrogen and oxygen atoms in total. The molecule has 7 heteroatoms. The first-order valence-corrected chi connectivity index (χ1v) is 10.8. The second-order valence-electron chi connectivity index (χ2n) is 8.59. The number of phenols is 1. The molecule has 1 unspecified atom stereocenters. The maximum absolute atomic E-state index is 13.4. The Labute approximate surface area is 186 Å². The third-order valence-corrected chi connectivity index (χ3v) is 6.54. The molecule has 2 aliphatic heterocycles. The summed E-state index contributed by atoms with van der Waals surface area (Å²) in [5.74, 6) is 0.0297. The third-order valence-electron chi connectivity index (χ3n) is 6.54. The number of aromatic hydroxyl groups is 1. The van der Waals surface area contributed by atoms with Crippen LogP contribution in [0.2, 0.25) is 0 Å². The Hall–Kier alpha value is -3.58. The molecule has 2 saturated heterocycles. The van der Waals surface area contributed by atoms with Crippen molar-refractivity contribution in [3.8, 4) is 5.75 Å². The summed E-state index contributed by atoms with van der Waals surface area (Å²) in [6, 6.07) is 20.8. The molecule has 5 rings (SSSR count). The zero-order chi connectivity index (χ0) is 22.3. The number of nitrogens with one attached hydrogen (secondary N) is 1. The fraction of sp³-hybridized carbons (Fsp3) is 0.280. The van der Waals surface area contributed by atoms with Crippen molar-refractivity contribution >= 4 is 28.4 Å². The number of hydrogen-bond donors (Lipinski definition) is 2. The van der Waals surface area contributed by atoms with Crippen molar-refractivity contribution in [2.75, 3.05) is 37.7 Å². The SMILES string of the molecule is CC1(c2ccc3ccccc3c2)NC(=O)N(CN2CCN(c3ccccc3O)CC2)C1=O. The van der Waals surface area contributed by atoms with Gasteiger partial charge in [-0.25, -0.2) is 9.69 Å². The van der Waals surface area contributed by atoms with E-state index in [-0.39, 0.29) is 24.4 Å². The number of para-hydroxylation sites is 2. The monoisotopic (exact) mass is 430 g/mol. The van der Waals surface area contributed by atoms with Crippen molar-refractivity contribution in [3.63, 3.8) is 0 Å². The lowest BCUT2D eigenvalue weighted by Gasteiger charge is -2.37. The minimum Gasteiger partial charge on any atom is -0.506 e. The molecule has 3 aromatic carbocycles. The van der Waals surface area contributed by atoms with Crippen molar-refractivity contribution < 1.29 is 14.7 Å². The molecule has 2 aliphatic rings. The Kier molecular flexibility index (Phi) is 4.98. The molecule has 3 amide bonds. The number of urea groups is 1. The molecule has 0 bridgehead atoms. The molecule has 0 spiro atoms. The molecular formula is C25H26N4O3. The van der Waals surface area contributed by atoms with E-state index in [1.807, 2.05) is 54.6 Å². The molecule has 1 atom stereocenters. The first kappa shape index (κ1) is 20.3. The zero-order valence-corrected chi connectivity index (χ0v) is 18.0. The van der Waals surface area contributed by atoms with Crippen molar-refractivity contribution in [2.24, 2.45) is 0 Å². The summed E-state index contributed by atoms with van der Waals surface area (Å²) in [7, 11) is 0. The number of carbonyl (C=O) groups is 2. The van der Waals surface area contributed by atoms with Crippen LogP contribution in [0, 0.1) is 0 Å². The summed E-state index contributed by atoms with van der Waals surface area (Å²) in [6.07, 6.45) is 0. The van der Waals surface area contributed by atoms with E-state index in [0.29, 0.717) is 26.2 Å². The van der Waals surface area contributed by atoms with E-state index in [9.17, 15) is 14.7 Å². The maximum Gasteiger partial charge on any atom is 0.326 e. The fourth-order valence-electron chi connectivity index (χ4n) is 4.58. The highest BCUT2D eigenvalue weighted by Crippen LogP contribution is 2.32. The van der Waals surface area contributed by atoms with Crippen LogP contribution >= 0.6 is 0 Å². The van der Waals surface area contributed by atoms with Gasteiger partial charge in [0, 0.05) is 26.2 Å². The second-order valence-corrected chi connectivity index (χ2v) is 8.59. The average Bonchev–Trinajstić information content (AvgIpc) is 3.03. The number of nitrogens with zero attached hydrogens (tertiary/aromatic N) is 3. The topological polar surface area (TPSA) is 76.1 Å². The molecule has 2 N–H and O–H groups in total. The summed E-state index contributed by atoms with van der Waals surface area (Å²) in [6.45, 7) is 4.83. The molecule has 164 valence electrons. The molecule has 32 heavy (non-hydrogen) atoms. The summed E-state index contributed by atoms with van der Waals surface area (Å²) >= 11 is 0. The van der Waals surface area contributed by atoms with Crippen LogP contribution in [0.3, 0.4) is 0 Å². The van der Waals surface area contributed by atoms with Crippen LogP contribution in [0.4, 0.5) is 10.5 Å². The van der Waals surface area contributed by atoms with Gasteiger partial charge in [0.05, 0.1) is 12.4 Å². The van der Waals surface area contributed by atoms with Crippen molar-refractivity contribution in [1.29, 1.82) is 0 Å². The van der Waals surface area contributed by atoms with Gasteiger partial charge in [0.1, 0.15) is 11.3 Å². The van der Waals surface area contributed by atoms with Crippen molar-refractivity contribution in [2.45, 2.75) is 12.5 Å². The Balaban J connectivity index is 1.29. The van der Waals surface area contributed by atoms with Crippen LogP contribution in [0.15, 0.2) is 66.7 Å². The van der Waals surface area contributed by atoms with Gasteiger partial charge in [-0.3, -0.25) is 9.69 Å². The summed E-state index contributed by atoms with van der Waals surface area (Å²) in [4.78, 5) is 31.6. The number of hydrogen-bond acceptors (Lipinski definition) is 5. The van der Waals surface area contributed by atoms with Gasteiger partial charge in [-0.2, -0.15) is 0 Å². The maximum atomic E-state index is 13.4. The Bertz CT molecular complexity index is 1190. The number of imide groups is 1. The van der Waals surface area contributed by atoms with E-state index < -0.39 is 5.54 Å². The summed E-state index contributed by atoms with van der Waals surface area (Å²) in [5, 5.41) is 15.1. The predicted octanol–water partition coefficient (Wildman–Crippen LogP) is 3.09. The molecule has 0 aromatic heterocycles. The molecule has 0 aliphatic carbocycles. The smallest absolute Gasteiger partial charge is 0.326 e. The van der Waals surface area contributed by atoms with E-state index in [1.54, 1.807) is 19.1 Å². The quantitative estimate of drug-likeness (QED) is 0.622. The van der Waals surface area contributed by atoms with Crippen molar-refractivity contribution in [3.05, 3.63) is 72.3 Å². The van der Waals surface area contributed by atoms with Gasteiger partial charge in [-0.05, 0) is 41.5 Å². The number of carbonyl (C=O) groups excluding carboxylic acids is 2. The molecule has 3 aromatic rings. The largest absolute Gasteiger partial charge is 0.506 e. The average molecular weight is 431 g/mol. The second kappa shape index (κ2) is 7.84. The first-order chi connectivity index (χ1) is 15.5. The van der Waals surface area contributed by atoms with Crippen LogP contribution in [0.1, 0.15) is 12.5 Å². The molecular weight excluding hydrogens is 404 g/mol. The van der Waals surface area contributed by atoms with Gasteiger partial charge in [0.15, 0.2) is 0 Å². The van der Waals surface area contributed by atoms with Gasteiger partial charge in [0.2, 0.25) is 0 Å². The molecule has 2 fully saturated rings. The number of benzene rings is 3. The van der Waals surface area contributed by atoms with Gasteiger partial charge >= 0.3 is 6.03 Å². The van der Waals surface area contributed by atoms with Crippen molar-refractivity contribution in [1.82, 2.24) is 15.1 Å². The Morgan fingerprint density at radius 1 is 0.906 bits per heavy atom. The standard InChI is InChI=1S/C25H26N4O3/c1-25(20-11-10-18-6-2-3-7-19(18)16-20)23(31)29(24(32)26-25)17-27-12-14-28(15-13-27)21-8-4-5-9-22(21)30/h2-11,16,30H,12-15,17H2,1H3,(H,26,32). The number of piperazine rings is 1.